The van der Waals surface area contributed by atoms with Gasteiger partial charge < -0.3 is 49.3 Å². The van der Waals surface area contributed by atoms with E-state index >= 15 is 0 Å². The van der Waals surface area contributed by atoms with Gasteiger partial charge in [0.05, 0.1) is 6.61 Å². The van der Waals surface area contributed by atoms with Crippen LogP contribution in [0.15, 0.2) is 24.3 Å². The Morgan fingerprint density at radius 2 is 0.821 bits per heavy atom. The zero-order valence-electron chi connectivity index (χ0n) is 40.0. The molecule has 0 amide bonds. The van der Waals surface area contributed by atoms with E-state index in [9.17, 15) is 63.1 Å². The van der Waals surface area contributed by atoms with Gasteiger partial charge in [0.1, 0.15) is 43.2 Å². The van der Waals surface area contributed by atoms with Crippen LogP contribution >= 0.6 is 23.5 Å². The quantitative estimate of drug-likeness (QED) is 0.0122. The normalized spacial score (nSPS) is 21.8. The molecule has 1 aliphatic carbocycles. The van der Waals surface area contributed by atoms with Crippen LogP contribution in [0.3, 0.4) is 0 Å². The molecule has 1 fully saturated rings. The summed E-state index contributed by atoms with van der Waals surface area (Å²) in [4.78, 5) is 73.2. The second kappa shape index (κ2) is 37.4. The third-order valence-corrected chi connectivity index (χ3v) is 13.3. The van der Waals surface area contributed by atoms with Crippen LogP contribution in [-0.2, 0) is 50.9 Å². The van der Waals surface area contributed by atoms with E-state index < -0.39 is 91.3 Å². The third kappa shape index (κ3) is 33.8. The van der Waals surface area contributed by atoms with Crippen molar-refractivity contribution in [3.63, 3.8) is 0 Å². The van der Waals surface area contributed by atoms with Gasteiger partial charge in [0.2, 0.25) is 0 Å². The summed E-state index contributed by atoms with van der Waals surface area (Å²) >= 11 is 0. The van der Waals surface area contributed by atoms with Crippen molar-refractivity contribution >= 4 is 35.4 Å². The highest BCUT2D eigenvalue weighted by Crippen LogP contribution is 2.51. The lowest BCUT2D eigenvalue weighted by Gasteiger charge is -2.44. The molecule has 0 aliphatic heterocycles. The van der Waals surface area contributed by atoms with Crippen molar-refractivity contribution in [3.05, 3.63) is 24.3 Å². The first kappa shape index (κ1) is 63.6. The van der Waals surface area contributed by atoms with Gasteiger partial charge in [0, 0.05) is 12.8 Å². The van der Waals surface area contributed by atoms with E-state index in [2.05, 4.69) is 47.2 Å². The predicted octanol–water partition coefficient (Wildman–Crippen LogP) is 9.07. The number of aliphatic hydroxyl groups is 3. The first-order valence-corrected chi connectivity index (χ1v) is 29.2. The van der Waals surface area contributed by atoms with Crippen molar-refractivity contribution in [1.29, 1.82) is 0 Å². The number of rotatable bonds is 42. The van der Waals surface area contributed by atoms with Gasteiger partial charge in [-0.3, -0.25) is 27.7 Å². The smallest absolute Gasteiger partial charge is 0.462 e. The van der Waals surface area contributed by atoms with Crippen molar-refractivity contribution < 1.29 is 90.6 Å². The number of carbonyl (C=O) groups is 2. The molecule has 8 atom stereocenters. The van der Waals surface area contributed by atoms with Crippen LogP contribution in [0.1, 0.15) is 194 Å². The van der Waals surface area contributed by atoms with Crippen LogP contribution in [0.2, 0.25) is 0 Å². The predicted molar refractivity (Wildman–Crippen MR) is 252 cm³/mol. The maximum Gasteiger partial charge on any atom is 0.472 e. The highest BCUT2D eigenvalue weighted by molar-refractivity contribution is 7.47. The molecule has 0 heterocycles. The summed E-state index contributed by atoms with van der Waals surface area (Å²) in [6.07, 6.45) is 20.5. The number of aliphatic hydroxyl groups excluding tert-OH is 3. The average Bonchev–Trinajstić information content (AvgIpc) is 3.25. The van der Waals surface area contributed by atoms with Gasteiger partial charge in [-0.2, -0.15) is 0 Å². The van der Waals surface area contributed by atoms with Gasteiger partial charge in [-0.15, -0.1) is 0 Å². The first-order valence-electron chi connectivity index (χ1n) is 24.6. The Bertz CT molecular complexity index is 1500. The van der Waals surface area contributed by atoms with Crippen LogP contribution < -0.4 is 0 Å². The van der Waals surface area contributed by atoms with Crippen LogP contribution in [0, 0.1) is 0 Å². The second-order valence-electron chi connectivity index (χ2n) is 17.4. The van der Waals surface area contributed by atoms with Gasteiger partial charge in [-0.25, -0.2) is 13.7 Å². The summed E-state index contributed by atoms with van der Waals surface area (Å²) in [6.45, 7) is 2.93. The molecule has 67 heavy (non-hydrogen) atoms. The fourth-order valence-corrected chi connectivity index (χ4v) is 9.61. The van der Waals surface area contributed by atoms with E-state index in [-0.39, 0.29) is 12.8 Å². The number of hydrogen-bond acceptors (Lipinski definition) is 14. The molecule has 0 aromatic rings. The molecular formula is C45H85O19P3. The third-order valence-electron chi connectivity index (χ3n) is 11.2. The molecule has 0 spiro atoms. The standard InChI is InChI=1S/C45H85O19P3/c1-3-5-7-9-11-13-15-17-19-21-23-25-27-29-31-33-38(46)59-35-37(61-39(47)34-32-30-28-26-24-22-20-18-16-14-12-10-8-6-4-2)36-60-67(57,58)64-43-40(48)41(49)44(62-65(51,52)53)45(42(43)50)63-66(54,55)56/h17-20,37,40-45,48-50H,3-16,21-36H2,1-2H3,(H,57,58)(H2,51,52,53)(H2,54,55,56)/b19-17-,20-18-/t37-,40?,41?,42?,43+,44?,45+/m1/s1. The topological polar surface area (TPSA) is 303 Å². The Balaban J connectivity index is 2.73. The number of ether oxygens (including phenoxy) is 2. The Labute approximate surface area is 398 Å². The maximum atomic E-state index is 13.1. The second-order valence-corrected chi connectivity index (χ2v) is 21.2. The lowest BCUT2D eigenvalue weighted by molar-refractivity contribution is -0.213. The van der Waals surface area contributed by atoms with Crippen LogP contribution in [0.25, 0.3) is 0 Å². The van der Waals surface area contributed by atoms with Crippen LogP contribution in [-0.4, -0.2) is 108 Å². The van der Waals surface area contributed by atoms with Crippen molar-refractivity contribution in [2.75, 3.05) is 13.2 Å². The minimum Gasteiger partial charge on any atom is -0.462 e. The minimum atomic E-state index is -5.60. The lowest BCUT2D eigenvalue weighted by Crippen LogP contribution is -2.65. The molecule has 1 rings (SSSR count). The molecule has 0 aromatic heterocycles. The molecule has 394 valence electrons. The van der Waals surface area contributed by atoms with Crippen LogP contribution in [0.5, 0.6) is 0 Å². The van der Waals surface area contributed by atoms with Crippen molar-refractivity contribution in [2.45, 2.75) is 236 Å². The highest BCUT2D eigenvalue weighted by Gasteiger charge is 2.56. The Morgan fingerprint density at radius 3 is 1.24 bits per heavy atom. The largest absolute Gasteiger partial charge is 0.472 e. The van der Waals surface area contributed by atoms with E-state index in [1.165, 1.54) is 77.0 Å². The number of unbranched alkanes of at least 4 members (excludes halogenated alkanes) is 22. The van der Waals surface area contributed by atoms with Gasteiger partial charge in [0.15, 0.2) is 6.10 Å². The van der Waals surface area contributed by atoms with E-state index in [1.807, 2.05) is 0 Å². The summed E-state index contributed by atoms with van der Waals surface area (Å²) in [7, 11) is -16.6. The van der Waals surface area contributed by atoms with Gasteiger partial charge >= 0.3 is 35.4 Å². The highest BCUT2D eigenvalue weighted by atomic mass is 31.2. The molecule has 1 aliphatic rings. The number of phosphoric ester groups is 3. The average molecular weight is 1020 g/mol. The Hall–Kier alpha value is -1.37. The molecule has 0 saturated heterocycles. The fourth-order valence-electron chi connectivity index (χ4n) is 7.51. The monoisotopic (exact) mass is 1020 g/mol. The molecular weight excluding hydrogens is 937 g/mol. The molecule has 0 aromatic carbocycles. The van der Waals surface area contributed by atoms with Crippen molar-refractivity contribution in [3.8, 4) is 0 Å². The number of allylic oxidation sites excluding steroid dienone is 4. The van der Waals surface area contributed by atoms with Crippen molar-refractivity contribution in [2.24, 2.45) is 0 Å². The summed E-state index contributed by atoms with van der Waals surface area (Å²) < 4.78 is 65.5. The molecule has 19 nitrogen and oxygen atoms in total. The molecule has 22 heteroatoms. The zero-order chi connectivity index (χ0) is 50.0. The maximum absolute atomic E-state index is 13.1. The molecule has 5 unspecified atom stereocenters. The van der Waals surface area contributed by atoms with Crippen LogP contribution in [0.4, 0.5) is 0 Å². The number of carbonyl (C=O) groups excluding carboxylic acids is 2. The number of hydrogen-bond donors (Lipinski definition) is 8. The summed E-state index contributed by atoms with van der Waals surface area (Å²) in [5, 5.41) is 31.9. The van der Waals surface area contributed by atoms with Crippen molar-refractivity contribution in [1.82, 2.24) is 0 Å². The summed E-state index contributed by atoms with van der Waals surface area (Å²) in [5.41, 5.74) is 0. The lowest BCUT2D eigenvalue weighted by atomic mass is 9.85. The minimum absolute atomic E-state index is 0.0119. The number of esters is 2. The molecule has 8 N–H and O–H groups in total. The fraction of sp³-hybridized carbons (Fsp3) is 0.867. The first-order chi connectivity index (χ1) is 31.8. The van der Waals surface area contributed by atoms with Gasteiger partial charge in [0.25, 0.3) is 0 Å². The zero-order valence-corrected chi connectivity index (χ0v) is 42.7. The van der Waals surface area contributed by atoms with E-state index in [0.29, 0.717) is 12.8 Å². The Kier molecular flexibility index (Phi) is 35.5. The van der Waals surface area contributed by atoms with E-state index in [4.69, 9.17) is 18.5 Å². The molecule has 0 bridgehead atoms. The molecule has 1 saturated carbocycles. The summed E-state index contributed by atoms with van der Waals surface area (Å²) in [5.74, 6) is -1.31. The van der Waals surface area contributed by atoms with E-state index in [1.54, 1.807) is 0 Å². The number of phosphoric acid groups is 3. The Morgan fingerprint density at radius 1 is 0.463 bits per heavy atom. The van der Waals surface area contributed by atoms with E-state index in [0.717, 1.165) is 77.0 Å². The van der Waals surface area contributed by atoms with Gasteiger partial charge in [-0.05, 0) is 64.2 Å². The SMILES string of the molecule is CCCCCCCC/C=C\CCCCCCCC(=O)OC[C@H](COP(=O)(O)O[C@H]1C(O)C(O)C(OP(=O)(O)O)[C@@H](OP(=O)(O)O)C1O)OC(=O)CCCCCCC/C=C\CCCCCCCC. The molecule has 0 radical (unpaired) electrons. The summed E-state index contributed by atoms with van der Waals surface area (Å²) in [6, 6.07) is 0. The van der Waals surface area contributed by atoms with Gasteiger partial charge in [-0.1, -0.05) is 141 Å².